The fraction of sp³-hybridized carbons (Fsp3) is 0.786. The molecule has 3 nitrogen and oxygen atoms in total. The average Bonchev–Trinajstić information content (AvgIpc) is 2.67. The summed E-state index contributed by atoms with van der Waals surface area (Å²) in [5, 5.41) is 6.48. The van der Waals surface area contributed by atoms with Crippen LogP contribution < -0.4 is 0 Å². The predicted molar refractivity (Wildman–Crippen MR) is 84.0 cm³/mol. The molecule has 0 bridgehead atoms. The maximum atomic E-state index is 6.43. The zero-order valence-corrected chi connectivity index (χ0v) is 14.2. The summed E-state index contributed by atoms with van der Waals surface area (Å²) in [6.45, 7) is 5.41. The molecule has 1 atom stereocenters. The van der Waals surface area contributed by atoms with Gasteiger partial charge in [-0.2, -0.15) is 5.10 Å². The second kappa shape index (κ2) is 7.09. The molecule has 1 saturated heterocycles. The molecule has 1 aliphatic heterocycles. The number of halogens is 2. The number of nitrogens with zero attached hydrogens (tertiary/aromatic N) is 3. The quantitative estimate of drug-likeness (QED) is 0.758. The van der Waals surface area contributed by atoms with Crippen molar-refractivity contribution in [2.45, 2.75) is 39.2 Å². The highest BCUT2D eigenvalue weighted by Gasteiger charge is 2.22. The molecule has 2 heterocycles. The Hall–Kier alpha value is -0.0600. The number of aromatic nitrogens is 2. The zero-order chi connectivity index (χ0) is 13.8. The highest BCUT2D eigenvalue weighted by atomic mass is 79.9. The predicted octanol–water partition coefficient (Wildman–Crippen LogP) is 3.63. The van der Waals surface area contributed by atoms with Crippen molar-refractivity contribution >= 4 is 27.5 Å². The third-order valence-electron chi connectivity index (χ3n) is 4.00. The highest BCUT2D eigenvalue weighted by Crippen LogP contribution is 2.26. The summed E-state index contributed by atoms with van der Waals surface area (Å²) < 4.78 is 1.95. The molecule has 0 spiro atoms. The molecular formula is C14H23BrClN3. The minimum atomic E-state index is 0.825. The van der Waals surface area contributed by atoms with Crippen LogP contribution >= 0.6 is 27.5 Å². The molecule has 1 aliphatic rings. The molecular weight excluding hydrogens is 326 g/mol. The lowest BCUT2D eigenvalue weighted by atomic mass is 9.95. The number of hydrogen-bond acceptors (Lipinski definition) is 2. The third kappa shape index (κ3) is 3.73. The summed E-state index contributed by atoms with van der Waals surface area (Å²) in [5.41, 5.74) is 2.19. The van der Waals surface area contributed by atoms with Crippen molar-refractivity contribution in [1.82, 2.24) is 14.7 Å². The van der Waals surface area contributed by atoms with E-state index in [-0.39, 0.29) is 0 Å². The summed E-state index contributed by atoms with van der Waals surface area (Å²) in [6.07, 6.45) is 4.84. The van der Waals surface area contributed by atoms with E-state index in [1.54, 1.807) is 0 Å². The number of aryl methyl sites for hydroxylation is 2. The van der Waals surface area contributed by atoms with Crippen molar-refractivity contribution in [3.05, 3.63) is 16.4 Å². The Labute approximate surface area is 129 Å². The van der Waals surface area contributed by atoms with Crippen molar-refractivity contribution in [1.29, 1.82) is 0 Å². The van der Waals surface area contributed by atoms with Gasteiger partial charge in [-0.25, -0.2) is 0 Å². The van der Waals surface area contributed by atoms with Gasteiger partial charge in [0.05, 0.1) is 16.4 Å². The standard InChI is InChI=1S/C14H23BrClN3/c1-3-12-14(16)13(18(2)17-12)10-19-8-4-5-11(9-19)6-7-15/h11H,3-10H2,1-2H3. The van der Waals surface area contributed by atoms with Gasteiger partial charge < -0.3 is 0 Å². The normalized spacial score (nSPS) is 20.9. The van der Waals surface area contributed by atoms with Crippen LogP contribution in [0.25, 0.3) is 0 Å². The van der Waals surface area contributed by atoms with Crippen LogP contribution in [0.2, 0.25) is 5.02 Å². The second-order valence-electron chi connectivity index (χ2n) is 5.41. The lowest BCUT2D eigenvalue weighted by molar-refractivity contribution is 0.162. The van der Waals surface area contributed by atoms with Crippen molar-refractivity contribution in [2.75, 3.05) is 18.4 Å². The Morgan fingerprint density at radius 2 is 2.26 bits per heavy atom. The van der Waals surface area contributed by atoms with E-state index >= 15 is 0 Å². The van der Waals surface area contributed by atoms with E-state index in [2.05, 4.69) is 32.9 Å². The molecule has 108 valence electrons. The molecule has 5 heteroatoms. The van der Waals surface area contributed by atoms with Crippen LogP contribution in [0.15, 0.2) is 0 Å². The topological polar surface area (TPSA) is 21.1 Å². The molecule has 0 radical (unpaired) electrons. The maximum Gasteiger partial charge on any atom is 0.0863 e. The van der Waals surface area contributed by atoms with Crippen LogP contribution in [-0.2, 0) is 20.0 Å². The van der Waals surface area contributed by atoms with E-state index in [1.807, 2.05) is 11.7 Å². The van der Waals surface area contributed by atoms with Gasteiger partial charge in [0, 0.05) is 25.5 Å². The van der Waals surface area contributed by atoms with E-state index in [4.69, 9.17) is 11.6 Å². The van der Waals surface area contributed by atoms with Crippen molar-refractivity contribution in [3.63, 3.8) is 0 Å². The van der Waals surface area contributed by atoms with Crippen LogP contribution in [0, 0.1) is 5.92 Å². The SMILES string of the molecule is CCc1nn(C)c(CN2CCCC(CCBr)C2)c1Cl. The molecule has 0 saturated carbocycles. The third-order valence-corrected chi connectivity index (χ3v) is 4.89. The zero-order valence-electron chi connectivity index (χ0n) is 11.8. The first-order valence-electron chi connectivity index (χ1n) is 7.14. The number of alkyl halides is 1. The first kappa shape index (κ1) is 15.3. The Morgan fingerprint density at radius 1 is 1.47 bits per heavy atom. The van der Waals surface area contributed by atoms with Gasteiger partial charge in [0.1, 0.15) is 0 Å². The second-order valence-corrected chi connectivity index (χ2v) is 6.58. The number of piperidine rings is 1. The minimum absolute atomic E-state index is 0.825. The van der Waals surface area contributed by atoms with Gasteiger partial charge in [-0.15, -0.1) is 0 Å². The number of hydrogen-bond donors (Lipinski definition) is 0. The summed E-state index contributed by atoms with van der Waals surface area (Å²) in [7, 11) is 2.00. The van der Waals surface area contributed by atoms with Gasteiger partial charge in [-0.1, -0.05) is 34.5 Å². The maximum absolute atomic E-state index is 6.43. The van der Waals surface area contributed by atoms with Gasteiger partial charge in [-0.05, 0) is 38.1 Å². The summed E-state index contributed by atoms with van der Waals surface area (Å²) >= 11 is 9.98. The molecule has 2 rings (SSSR count). The Morgan fingerprint density at radius 3 is 2.89 bits per heavy atom. The van der Waals surface area contributed by atoms with E-state index in [0.717, 1.165) is 40.6 Å². The van der Waals surface area contributed by atoms with Crippen molar-refractivity contribution in [3.8, 4) is 0 Å². The van der Waals surface area contributed by atoms with Gasteiger partial charge >= 0.3 is 0 Å². The smallest absolute Gasteiger partial charge is 0.0863 e. The monoisotopic (exact) mass is 347 g/mol. The molecule has 1 fully saturated rings. The largest absolute Gasteiger partial charge is 0.297 e. The van der Waals surface area contributed by atoms with Crippen LogP contribution in [-0.4, -0.2) is 33.1 Å². The Kier molecular flexibility index (Phi) is 5.72. The van der Waals surface area contributed by atoms with Crippen molar-refractivity contribution < 1.29 is 0 Å². The van der Waals surface area contributed by atoms with Gasteiger partial charge in [0.2, 0.25) is 0 Å². The molecule has 1 unspecified atom stereocenters. The average molecular weight is 349 g/mol. The highest BCUT2D eigenvalue weighted by molar-refractivity contribution is 9.09. The minimum Gasteiger partial charge on any atom is -0.297 e. The number of likely N-dealkylation sites (tertiary alicyclic amines) is 1. The Balaban J connectivity index is 2.02. The number of rotatable bonds is 5. The lowest BCUT2D eigenvalue weighted by Crippen LogP contribution is -2.35. The molecule has 1 aromatic heterocycles. The fourth-order valence-electron chi connectivity index (χ4n) is 2.89. The van der Waals surface area contributed by atoms with Crippen LogP contribution in [0.3, 0.4) is 0 Å². The molecule has 19 heavy (non-hydrogen) atoms. The van der Waals surface area contributed by atoms with Crippen LogP contribution in [0.4, 0.5) is 0 Å². The van der Waals surface area contributed by atoms with E-state index < -0.39 is 0 Å². The van der Waals surface area contributed by atoms with E-state index in [0.29, 0.717) is 0 Å². The summed E-state index contributed by atoms with van der Waals surface area (Å²) in [4.78, 5) is 2.53. The fourth-order valence-corrected chi connectivity index (χ4v) is 3.89. The first-order valence-corrected chi connectivity index (χ1v) is 8.64. The Bertz CT molecular complexity index is 417. The van der Waals surface area contributed by atoms with E-state index in [9.17, 15) is 0 Å². The summed E-state index contributed by atoms with van der Waals surface area (Å²) in [6, 6.07) is 0. The van der Waals surface area contributed by atoms with Gasteiger partial charge in [-0.3, -0.25) is 9.58 Å². The van der Waals surface area contributed by atoms with E-state index in [1.165, 1.54) is 32.4 Å². The molecule has 0 aliphatic carbocycles. The van der Waals surface area contributed by atoms with Crippen molar-refractivity contribution in [2.24, 2.45) is 13.0 Å². The summed E-state index contributed by atoms with van der Waals surface area (Å²) in [5.74, 6) is 0.825. The lowest BCUT2D eigenvalue weighted by Gasteiger charge is -2.32. The van der Waals surface area contributed by atoms with Crippen LogP contribution in [0.5, 0.6) is 0 Å². The molecule has 1 aromatic rings. The van der Waals surface area contributed by atoms with Gasteiger partial charge in [0.25, 0.3) is 0 Å². The molecule has 0 amide bonds. The van der Waals surface area contributed by atoms with Crippen LogP contribution in [0.1, 0.15) is 37.6 Å². The molecule has 0 aromatic carbocycles. The van der Waals surface area contributed by atoms with Gasteiger partial charge in [0.15, 0.2) is 0 Å². The first-order chi connectivity index (χ1) is 9.15. The molecule has 0 N–H and O–H groups in total.